The van der Waals surface area contributed by atoms with Crippen LogP contribution in [-0.4, -0.2) is 42.3 Å². The van der Waals surface area contributed by atoms with Crippen LogP contribution in [0.3, 0.4) is 0 Å². The quantitative estimate of drug-likeness (QED) is 0.858. The molecular weight excluding hydrogens is 330 g/mol. The van der Waals surface area contributed by atoms with Gasteiger partial charge in [0.05, 0.1) is 0 Å². The highest BCUT2D eigenvalue weighted by Gasteiger charge is 2.34. The number of rotatable bonds is 4. The van der Waals surface area contributed by atoms with Crippen LogP contribution in [0.15, 0.2) is 48.5 Å². The van der Waals surface area contributed by atoms with Gasteiger partial charge in [0.25, 0.3) is 0 Å². The van der Waals surface area contributed by atoms with Crippen molar-refractivity contribution in [2.45, 2.75) is 13.8 Å². The Morgan fingerprint density at radius 3 is 2.38 bits per heavy atom. The second kappa shape index (κ2) is 7.39. The summed E-state index contributed by atoms with van der Waals surface area (Å²) in [5.41, 5.74) is 3.58. The molecule has 1 saturated heterocycles. The van der Waals surface area contributed by atoms with Crippen molar-refractivity contribution in [2.24, 2.45) is 0 Å². The van der Waals surface area contributed by atoms with Gasteiger partial charge >= 0.3 is 11.8 Å². The number of nitrogens with zero attached hydrogens (tertiary/aromatic N) is 2. The van der Waals surface area contributed by atoms with Gasteiger partial charge in [-0.3, -0.25) is 14.4 Å². The van der Waals surface area contributed by atoms with Gasteiger partial charge in [0, 0.05) is 24.5 Å². The fourth-order valence-electron chi connectivity index (χ4n) is 2.87. The Balaban J connectivity index is 1.62. The van der Waals surface area contributed by atoms with Crippen LogP contribution in [0, 0.1) is 13.8 Å². The number of carbonyl (C=O) groups is 3. The molecule has 134 valence electrons. The zero-order chi connectivity index (χ0) is 18.7. The molecule has 6 nitrogen and oxygen atoms in total. The number of piperazine rings is 1. The number of nitrogens with one attached hydrogen (secondary N) is 1. The molecule has 26 heavy (non-hydrogen) atoms. The van der Waals surface area contributed by atoms with E-state index < -0.39 is 11.8 Å². The highest BCUT2D eigenvalue weighted by molar-refractivity contribution is 6.41. The lowest BCUT2D eigenvalue weighted by Gasteiger charge is -2.33. The summed E-state index contributed by atoms with van der Waals surface area (Å²) in [5, 5.41) is 2.78. The Morgan fingerprint density at radius 1 is 0.962 bits per heavy atom. The van der Waals surface area contributed by atoms with Crippen LogP contribution in [0.25, 0.3) is 0 Å². The van der Waals surface area contributed by atoms with Crippen LogP contribution in [0.1, 0.15) is 11.1 Å². The van der Waals surface area contributed by atoms with Gasteiger partial charge < -0.3 is 15.1 Å². The summed E-state index contributed by atoms with van der Waals surface area (Å²) in [7, 11) is 0. The number of aryl methyl sites for hydroxylation is 2. The van der Waals surface area contributed by atoms with E-state index in [0.29, 0.717) is 24.5 Å². The molecule has 0 bridgehead atoms. The first-order valence-corrected chi connectivity index (χ1v) is 8.48. The minimum Gasteiger partial charge on any atom is -0.325 e. The van der Waals surface area contributed by atoms with Crippen molar-refractivity contribution in [1.29, 1.82) is 0 Å². The van der Waals surface area contributed by atoms with E-state index in [4.69, 9.17) is 0 Å². The van der Waals surface area contributed by atoms with Crippen LogP contribution < -0.4 is 10.2 Å². The Bertz CT molecular complexity index is 849. The topological polar surface area (TPSA) is 69.7 Å². The van der Waals surface area contributed by atoms with Gasteiger partial charge in [-0.2, -0.15) is 0 Å². The van der Waals surface area contributed by atoms with Crippen LogP contribution in [-0.2, 0) is 14.4 Å². The Hall–Kier alpha value is -3.15. The van der Waals surface area contributed by atoms with E-state index in [1.165, 1.54) is 9.80 Å². The van der Waals surface area contributed by atoms with Gasteiger partial charge in [-0.05, 0) is 49.2 Å². The minimum absolute atomic E-state index is 0.139. The van der Waals surface area contributed by atoms with Crippen LogP contribution in [0.5, 0.6) is 0 Å². The molecule has 1 aliphatic rings. The van der Waals surface area contributed by atoms with Gasteiger partial charge in [0.15, 0.2) is 0 Å². The third kappa shape index (κ3) is 3.74. The van der Waals surface area contributed by atoms with Crippen molar-refractivity contribution >= 4 is 29.1 Å². The van der Waals surface area contributed by atoms with Gasteiger partial charge in [0.1, 0.15) is 6.54 Å². The maximum atomic E-state index is 12.4. The molecular formula is C20H21N3O3. The Morgan fingerprint density at radius 2 is 1.69 bits per heavy atom. The number of hydrogen-bond acceptors (Lipinski definition) is 3. The fraction of sp³-hybridized carbons (Fsp3) is 0.250. The van der Waals surface area contributed by atoms with Gasteiger partial charge in [0.2, 0.25) is 5.91 Å². The number of anilines is 2. The maximum Gasteiger partial charge on any atom is 0.316 e. The standard InChI is InChI=1S/C20H21N3O3/c1-14-8-9-16(12-15(14)2)21-18(24)13-22-10-11-23(20(26)19(22)25)17-6-4-3-5-7-17/h3-9,12H,10-11,13H2,1-2H3,(H,21,24). The molecule has 1 heterocycles. The predicted octanol–water partition coefficient (Wildman–Crippen LogP) is 2.12. The number of para-hydroxylation sites is 1. The van der Waals surface area contributed by atoms with E-state index in [1.807, 2.05) is 50.2 Å². The van der Waals surface area contributed by atoms with Crippen molar-refractivity contribution in [3.63, 3.8) is 0 Å². The van der Waals surface area contributed by atoms with Crippen molar-refractivity contribution in [3.8, 4) is 0 Å². The first kappa shape index (κ1) is 17.7. The molecule has 1 N–H and O–H groups in total. The monoisotopic (exact) mass is 351 g/mol. The molecule has 6 heteroatoms. The van der Waals surface area contributed by atoms with E-state index in [2.05, 4.69) is 5.32 Å². The maximum absolute atomic E-state index is 12.4. The van der Waals surface area contributed by atoms with Crippen molar-refractivity contribution in [2.75, 3.05) is 29.9 Å². The van der Waals surface area contributed by atoms with Crippen molar-refractivity contribution in [3.05, 3.63) is 59.7 Å². The first-order valence-electron chi connectivity index (χ1n) is 8.48. The lowest BCUT2D eigenvalue weighted by Crippen LogP contribution is -2.56. The highest BCUT2D eigenvalue weighted by Crippen LogP contribution is 2.18. The average molecular weight is 351 g/mol. The Kier molecular flexibility index (Phi) is 5.02. The normalized spacial score (nSPS) is 14.5. The largest absolute Gasteiger partial charge is 0.325 e. The summed E-state index contributed by atoms with van der Waals surface area (Å²) in [6, 6.07) is 14.7. The van der Waals surface area contributed by atoms with Crippen LogP contribution in [0.4, 0.5) is 11.4 Å². The summed E-state index contributed by atoms with van der Waals surface area (Å²) in [5.74, 6) is -1.58. The Labute approximate surface area is 152 Å². The van der Waals surface area contributed by atoms with E-state index in [-0.39, 0.29) is 12.5 Å². The molecule has 3 amide bonds. The zero-order valence-corrected chi connectivity index (χ0v) is 14.9. The summed E-state index contributed by atoms with van der Waals surface area (Å²) < 4.78 is 0. The van der Waals surface area contributed by atoms with Gasteiger partial charge in [-0.25, -0.2) is 0 Å². The first-order chi connectivity index (χ1) is 12.5. The molecule has 0 spiro atoms. The molecule has 0 atom stereocenters. The molecule has 0 aromatic heterocycles. The summed E-state index contributed by atoms with van der Waals surface area (Å²) in [4.78, 5) is 39.7. The second-order valence-electron chi connectivity index (χ2n) is 6.37. The third-order valence-corrected chi connectivity index (χ3v) is 4.50. The molecule has 0 unspecified atom stereocenters. The minimum atomic E-state index is -0.657. The lowest BCUT2D eigenvalue weighted by molar-refractivity contribution is -0.147. The molecule has 1 fully saturated rings. The van der Waals surface area contributed by atoms with E-state index in [9.17, 15) is 14.4 Å². The number of hydrogen-bond donors (Lipinski definition) is 1. The molecule has 2 aromatic carbocycles. The van der Waals surface area contributed by atoms with Crippen LogP contribution in [0.2, 0.25) is 0 Å². The summed E-state index contributed by atoms with van der Waals surface area (Å²) >= 11 is 0. The number of benzene rings is 2. The summed E-state index contributed by atoms with van der Waals surface area (Å²) in [6.45, 7) is 4.51. The molecule has 0 radical (unpaired) electrons. The summed E-state index contributed by atoms with van der Waals surface area (Å²) in [6.07, 6.45) is 0. The predicted molar refractivity (Wildman–Crippen MR) is 99.9 cm³/mol. The van der Waals surface area contributed by atoms with E-state index in [1.54, 1.807) is 12.1 Å². The van der Waals surface area contributed by atoms with E-state index in [0.717, 1.165) is 11.1 Å². The molecule has 0 saturated carbocycles. The average Bonchev–Trinajstić information content (AvgIpc) is 2.63. The molecule has 3 rings (SSSR count). The number of carbonyl (C=O) groups excluding carboxylic acids is 3. The van der Waals surface area contributed by atoms with Gasteiger partial charge in [-0.15, -0.1) is 0 Å². The zero-order valence-electron chi connectivity index (χ0n) is 14.9. The number of amides is 3. The molecule has 1 aliphatic heterocycles. The third-order valence-electron chi connectivity index (χ3n) is 4.50. The SMILES string of the molecule is Cc1ccc(NC(=O)CN2CCN(c3ccccc3)C(=O)C2=O)cc1C. The highest BCUT2D eigenvalue weighted by atomic mass is 16.2. The van der Waals surface area contributed by atoms with Gasteiger partial charge in [-0.1, -0.05) is 24.3 Å². The lowest BCUT2D eigenvalue weighted by atomic mass is 10.1. The fourth-order valence-corrected chi connectivity index (χ4v) is 2.87. The smallest absolute Gasteiger partial charge is 0.316 e. The molecule has 0 aliphatic carbocycles. The second-order valence-corrected chi connectivity index (χ2v) is 6.37. The van der Waals surface area contributed by atoms with Crippen LogP contribution >= 0.6 is 0 Å². The van der Waals surface area contributed by atoms with Crippen molar-refractivity contribution < 1.29 is 14.4 Å². The van der Waals surface area contributed by atoms with E-state index >= 15 is 0 Å². The van der Waals surface area contributed by atoms with Crippen molar-refractivity contribution in [1.82, 2.24) is 4.90 Å². The molecule has 2 aromatic rings.